The zero-order valence-electron chi connectivity index (χ0n) is 19.2. The van der Waals surface area contributed by atoms with Crippen molar-refractivity contribution in [3.8, 4) is 11.5 Å². The first-order valence-electron chi connectivity index (χ1n) is 12.1. The van der Waals surface area contributed by atoms with Crippen LogP contribution in [0.5, 0.6) is 11.5 Å². The summed E-state index contributed by atoms with van der Waals surface area (Å²) in [7, 11) is 0. The van der Waals surface area contributed by atoms with Gasteiger partial charge in [-0.1, -0.05) is 26.2 Å². The Morgan fingerprint density at radius 2 is 1.50 bits per heavy atom. The average Bonchev–Trinajstić information content (AvgIpc) is 2.81. The van der Waals surface area contributed by atoms with Gasteiger partial charge < -0.3 is 4.74 Å². The highest BCUT2D eigenvalue weighted by Crippen LogP contribution is 2.46. The summed E-state index contributed by atoms with van der Waals surface area (Å²) in [6.07, 6.45) is 4.57. The second-order valence-electron chi connectivity index (χ2n) is 9.74. The summed E-state index contributed by atoms with van der Waals surface area (Å²) in [5, 5.41) is 0. The number of hydrogen-bond donors (Lipinski definition) is 0. The molecule has 34 heavy (non-hydrogen) atoms. The van der Waals surface area contributed by atoms with Gasteiger partial charge in [0, 0.05) is 17.7 Å². The topological polar surface area (TPSA) is 9.23 Å². The fourth-order valence-electron chi connectivity index (χ4n) is 5.80. The number of ether oxygens (including phenoxy) is 1. The number of benzene rings is 2. The number of alkyl halides is 3. The lowest BCUT2D eigenvalue weighted by Crippen LogP contribution is -2.25. The molecule has 2 aromatic carbocycles. The van der Waals surface area contributed by atoms with Gasteiger partial charge in [0.25, 0.3) is 0 Å². The second kappa shape index (κ2) is 10.2. The molecule has 0 amide bonds. The molecule has 7 heteroatoms. The standard InChI is InChI=1S/C27H29F6O/c1-2-16-3-5-17(6-4-16)18-7-9-19(10-8-18)25-22(28)13-14-24(26(25)30)34-20-11-12-21(23(29)15-20)27(31,32)33/h11-13,15-19H,2-10H2,1H3/t16-,17-,18?,19?. The van der Waals surface area contributed by atoms with E-state index in [0.29, 0.717) is 36.8 Å². The van der Waals surface area contributed by atoms with Crippen molar-refractivity contribution in [1.82, 2.24) is 0 Å². The lowest BCUT2D eigenvalue weighted by Gasteiger charge is -2.38. The Labute approximate surface area is 196 Å². The number of rotatable bonds is 5. The Balaban J connectivity index is 1.45. The van der Waals surface area contributed by atoms with E-state index in [4.69, 9.17) is 4.74 Å². The first kappa shape index (κ1) is 24.9. The van der Waals surface area contributed by atoms with Gasteiger partial charge in [-0.3, -0.25) is 0 Å². The Morgan fingerprint density at radius 3 is 2.06 bits per heavy atom. The molecule has 0 N–H and O–H groups in total. The van der Waals surface area contributed by atoms with E-state index < -0.39 is 34.9 Å². The molecule has 0 aromatic heterocycles. The maximum atomic E-state index is 15.2. The van der Waals surface area contributed by atoms with Crippen LogP contribution in [0, 0.1) is 41.3 Å². The van der Waals surface area contributed by atoms with Gasteiger partial charge in [0.1, 0.15) is 17.4 Å². The van der Waals surface area contributed by atoms with Crippen LogP contribution in [0.4, 0.5) is 26.3 Å². The lowest BCUT2D eigenvalue weighted by molar-refractivity contribution is -0.140. The normalized spacial score (nSPS) is 25.9. The van der Waals surface area contributed by atoms with Gasteiger partial charge in [-0.05, 0) is 80.4 Å². The molecule has 2 saturated carbocycles. The Bertz CT molecular complexity index is 985. The summed E-state index contributed by atoms with van der Waals surface area (Å²) in [5.41, 5.74) is -1.52. The van der Waals surface area contributed by atoms with Crippen LogP contribution < -0.4 is 4.74 Å². The highest BCUT2D eigenvalue weighted by molar-refractivity contribution is 5.39. The molecule has 1 nitrogen and oxygen atoms in total. The van der Waals surface area contributed by atoms with Gasteiger partial charge in [0.15, 0.2) is 11.6 Å². The third kappa shape index (κ3) is 5.38. The third-order valence-corrected chi connectivity index (χ3v) is 7.80. The summed E-state index contributed by atoms with van der Waals surface area (Å²) < 4.78 is 87.3. The van der Waals surface area contributed by atoms with Crippen LogP contribution in [0.3, 0.4) is 0 Å². The molecule has 0 atom stereocenters. The van der Waals surface area contributed by atoms with Gasteiger partial charge in [0.2, 0.25) is 0 Å². The highest BCUT2D eigenvalue weighted by atomic mass is 19.4. The molecule has 0 spiro atoms. The molecule has 2 aliphatic carbocycles. The van der Waals surface area contributed by atoms with E-state index >= 15 is 4.39 Å². The van der Waals surface area contributed by atoms with Gasteiger partial charge in [-0.25, -0.2) is 13.2 Å². The Hall–Kier alpha value is -2.18. The van der Waals surface area contributed by atoms with E-state index in [-0.39, 0.29) is 17.2 Å². The van der Waals surface area contributed by atoms with Crippen LogP contribution >= 0.6 is 0 Å². The Morgan fingerprint density at radius 1 is 0.882 bits per heavy atom. The minimum absolute atomic E-state index is 0.0747. The first-order valence-corrected chi connectivity index (χ1v) is 12.1. The zero-order valence-corrected chi connectivity index (χ0v) is 19.2. The molecule has 185 valence electrons. The molecule has 2 aliphatic rings. The third-order valence-electron chi connectivity index (χ3n) is 7.80. The highest BCUT2D eigenvalue weighted by Gasteiger charge is 2.35. The maximum Gasteiger partial charge on any atom is 0.419 e. The van der Waals surface area contributed by atoms with Crippen molar-refractivity contribution < 1.29 is 31.1 Å². The molecular weight excluding hydrogens is 454 g/mol. The molecule has 1 radical (unpaired) electrons. The van der Waals surface area contributed by atoms with Crippen molar-refractivity contribution in [1.29, 1.82) is 0 Å². The summed E-state index contributed by atoms with van der Waals surface area (Å²) in [5.74, 6) is -2.13. The van der Waals surface area contributed by atoms with E-state index in [1.165, 1.54) is 32.1 Å². The first-order chi connectivity index (χ1) is 16.2. The van der Waals surface area contributed by atoms with Gasteiger partial charge in [0.05, 0.1) is 5.56 Å². The van der Waals surface area contributed by atoms with Crippen molar-refractivity contribution in [2.75, 3.05) is 0 Å². The van der Waals surface area contributed by atoms with Crippen LogP contribution in [0.2, 0.25) is 0 Å². The summed E-state index contributed by atoms with van der Waals surface area (Å²) in [6, 6.07) is 5.30. The van der Waals surface area contributed by atoms with Crippen LogP contribution in [0.15, 0.2) is 24.3 Å². The predicted molar refractivity (Wildman–Crippen MR) is 117 cm³/mol. The molecule has 2 fully saturated rings. The minimum atomic E-state index is -4.85. The fourth-order valence-corrected chi connectivity index (χ4v) is 5.80. The van der Waals surface area contributed by atoms with Gasteiger partial charge in [-0.15, -0.1) is 0 Å². The van der Waals surface area contributed by atoms with Gasteiger partial charge in [-0.2, -0.15) is 13.2 Å². The summed E-state index contributed by atoms with van der Waals surface area (Å²) >= 11 is 0. The van der Waals surface area contributed by atoms with E-state index in [2.05, 4.69) is 13.0 Å². The Kier molecular flexibility index (Phi) is 7.48. The van der Waals surface area contributed by atoms with Crippen LogP contribution in [-0.2, 0) is 6.18 Å². The SMILES string of the molecule is CC[C@H]1CC[C@H](C2CCC(c3c(F)c[c]c(Oc4ccc(C(F)(F)F)c(F)c4)c3F)CC2)CC1. The minimum Gasteiger partial charge on any atom is -0.454 e. The van der Waals surface area contributed by atoms with E-state index in [0.717, 1.165) is 30.9 Å². The molecule has 0 bridgehead atoms. The average molecular weight is 484 g/mol. The van der Waals surface area contributed by atoms with Crippen LogP contribution in [-0.4, -0.2) is 0 Å². The van der Waals surface area contributed by atoms with Crippen molar-refractivity contribution in [2.24, 2.45) is 17.8 Å². The summed E-state index contributed by atoms with van der Waals surface area (Å²) in [4.78, 5) is 0. The van der Waals surface area contributed by atoms with Crippen LogP contribution in [0.25, 0.3) is 0 Å². The smallest absolute Gasteiger partial charge is 0.419 e. The molecule has 0 unspecified atom stereocenters. The summed E-state index contributed by atoms with van der Waals surface area (Å²) in [6.45, 7) is 2.24. The molecule has 0 heterocycles. The number of halogens is 6. The largest absolute Gasteiger partial charge is 0.454 e. The van der Waals surface area contributed by atoms with Crippen molar-refractivity contribution in [3.63, 3.8) is 0 Å². The van der Waals surface area contributed by atoms with Gasteiger partial charge >= 0.3 is 6.18 Å². The number of hydrogen-bond acceptors (Lipinski definition) is 1. The van der Waals surface area contributed by atoms with E-state index in [1.807, 2.05) is 0 Å². The molecule has 2 aromatic rings. The lowest BCUT2D eigenvalue weighted by atomic mass is 9.68. The maximum absolute atomic E-state index is 15.2. The molecule has 0 saturated heterocycles. The second-order valence-corrected chi connectivity index (χ2v) is 9.74. The van der Waals surface area contributed by atoms with E-state index in [9.17, 15) is 22.0 Å². The zero-order chi connectivity index (χ0) is 24.5. The fraction of sp³-hybridized carbons (Fsp3) is 0.556. The molecule has 4 rings (SSSR count). The molecule has 0 aliphatic heterocycles. The van der Waals surface area contributed by atoms with Crippen molar-refractivity contribution in [2.45, 2.75) is 76.8 Å². The van der Waals surface area contributed by atoms with Crippen LogP contribution in [0.1, 0.15) is 81.8 Å². The monoisotopic (exact) mass is 483 g/mol. The molecular formula is C27H29F6O. The quantitative estimate of drug-likeness (QED) is 0.385. The van der Waals surface area contributed by atoms with E-state index in [1.54, 1.807) is 0 Å². The van der Waals surface area contributed by atoms with Crippen molar-refractivity contribution >= 4 is 0 Å². The van der Waals surface area contributed by atoms with Crippen molar-refractivity contribution in [3.05, 3.63) is 58.9 Å². The predicted octanol–water partition coefficient (Wildman–Crippen LogP) is 9.21.